The van der Waals surface area contributed by atoms with Crippen LogP contribution >= 0.6 is 0 Å². The summed E-state index contributed by atoms with van der Waals surface area (Å²) in [4.78, 5) is 13.6. The van der Waals surface area contributed by atoms with Crippen molar-refractivity contribution in [2.45, 2.75) is 52.5 Å². The third kappa shape index (κ3) is 3.98. The van der Waals surface area contributed by atoms with E-state index >= 15 is 0 Å². The molecule has 1 rings (SSSR count). The van der Waals surface area contributed by atoms with Crippen LogP contribution in [-0.4, -0.2) is 35.6 Å². The van der Waals surface area contributed by atoms with Gasteiger partial charge >= 0.3 is 5.97 Å². The fraction of sp³-hybridized carbons (Fsp3) is 0.929. The summed E-state index contributed by atoms with van der Waals surface area (Å²) in [7, 11) is 2.08. The summed E-state index contributed by atoms with van der Waals surface area (Å²) < 4.78 is 0. The molecule has 1 fully saturated rings. The fourth-order valence-corrected chi connectivity index (χ4v) is 3.09. The van der Waals surface area contributed by atoms with Gasteiger partial charge < -0.3 is 10.0 Å². The van der Waals surface area contributed by atoms with Gasteiger partial charge in [0.05, 0.1) is 5.92 Å². The van der Waals surface area contributed by atoms with Gasteiger partial charge in [-0.05, 0) is 38.1 Å². The van der Waals surface area contributed by atoms with E-state index in [2.05, 4.69) is 32.7 Å². The number of carboxylic acid groups (broad SMARTS) is 1. The second-order valence-electron chi connectivity index (χ2n) is 5.93. The van der Waals surface area contributed by atoms with E-state index in [1.54, 1.807) is 0 Å². The lowest BCUT2D eigenvalue weighted by Gasteiger charge is -2.39. The first-order chi connectivity index (χ1) is 7.95. The Hall–Kier alpha value is -0.570. The van der Waals surface area contributed by atoms with E-state index in [1.807, 2.05) is 0 Å². The van der Waals surface area contributed by atoms with E-state index in [0.29, 0.717) is 11.8 Å². The van der Waals surface area contributed by atoms with Crippen LogP contribution in [0, 0.1) is 17.8 Å². The Balaban J connectivity index is 2.69. The Morgan fingerprint density at radius 2 is 2.06 bits per heavy atom. The third-order valence-electron chi connectivity index (χ3n) is 4.04. The number of rotatable bonds is 5. The van der Waals surface area contributed by atoms with Crippen molar-refractivity contribution < 1.29 is 9.90 Å². The molecule has 3 heteroatoms. The van der Waals surface area contributed by atoms with Gasteiger partial charge in [0.15, 0.2) is 0 Å². The van der Waals surface area contributed by atoms with Crippen LogP contribution in [0.2, 0.25) is 0 Å². The first kappa shape index (κ1) is 14.5. The van der Waals surface area contributed by atoms with E-state index in [0.717, 1.165) is 25.8 Å². The summed E-state index contributed by atoms with van der Waals surface area (Å²) in [6, 6.07) is 0.230. The molecule has 1 N–H and O–H groups in total. The molecule has 0 aromatic carbocycles. The molecule has 0 aliphatic heterocycles. The van der Waals surface area contributed by atoms with Crippen LogP contribution in [0.15, 0.2) is 0 Å². The van der Waals surface area contributed by atoms with Crippen LogP contribution in [0.4, 0.5) is 0 Å². The standard InChI is InChI=1S/C14H27NO2/c1-5-11-6-7-12(14(16)17)13(8-11)15(4)9-10(2)3/h10-13H,5-9H2,1-4H3,(H,16,17). The molecule has 0 radical (unpaired) electrons. The van der Waals surface area contributed by atoms with E-state index in [1.165, 1.54) is 6.42 Å². The molecule has 3 unspecified atom stereocenters. The molecular weight excluding hydrogens is 214 g/mol. The van der Waals surface area contributed by atoms with E-state index in [-0.39, 0.29) is 12.0 Å². The first-order valence-corrected chi connectivity index (χ1v) is 6.88. The van der Waals surface area contributed by atoms with Crippen LogP contribution in [0.5, 0.6) is 0 Å². The molecule has 3 atom stereocenters. The molecule has 1 aliphatic carbocycles. The first-order valence-electron chi connectivity index (χ1n) is 6.88. The molecule has 0 heterocycles. The summed E-state index contributed by atoms with van der Waals surface area (Å²) in [5.74, 6) is 0.531. The molecule has 1 saturated carbocycles. The van der Waals surface area contributed by atoms with Crippen molar-refractivity contribution in [1.29, 1.82) is 0 Å². The molecule has 0 bridgehead atoms. The number of hydrogen-bond donors (Lipinski definition) is 1. The van der Waals surface area contributed by atoms with Crippen molar-refractivity contribution in [3.8, 4) is 0 Å². The van der Waals surface area contributed by atoms with Crippen molar-refractivity contribution in [2.75, 3.05) is 13.6 Å². The minimum absolute atomic E-state index is 0.165. The molecular formula is C14H27NO2. The Labute approximate surface area is 105 Å². The average Bonchev–Trinajstić information content (AvgIpc) is 2.27. The van der Waals surface area contributed by atoms with Crippen molar-refractivity contribution >= 4 is 5.97 Å². The van der Waals surface area contributed by atoms with Crippen molar-refractivity contribution in [2.24, 2.45) is 17.8 Å². The number of hydrogen-bond acceptors (Lipinski definition) is 2. The van der Waals surface area contributed by atoms with Crippen LogP contribution < -0.4 is 0 Å². The van der Waals surface area contributed by atoms with E-state index < -0.39 is 5.97 Å². The zero-order chi connectivity index (χ0) is 13.0. The van der Waals surface area contributed by atoms with Gasteiger partial charge in [0.25, 0.3) is 0 Å². The highest BCUT2D eigenvalue weighted by Crippen LogP contribution is 2.34. The summed E-state index contributed by atoms with van der Waals surface area (Å²) in [5, 5.41) is 9.32. The van der Waals surface area contributed by atoms with Crippen LogP contribution in [0.25, 0.3) is 0 Å². The highest BCUT2D eigenvalue weighted by atomic mass is 16.4. The number of aliphatic carboxylic acids is 1. The van der Waals surface area contributed by atoms with Crippen molar-refractivity contribution in [3.63, 3.8) is 0 Å². The number of nitrogens with zero attached hydrogens (tertiary/aromatic N) is 1. The lowest BCUT2D eigenvalue weighted by molar-refractivity contribution is -0.146. The fourth-order valence-electron chi connectivity index (χ4n) is 3.09. The lowest BCUT2D eigenvalue weighted by Crippen LogP contribution is -2.46. The summed E-state index contributed by atoms with van der Waals surface area (Å²) in [6.45, 7) is 7.58. The topological polar surface area (TPSA) is 40.5 Å². The summed E-state index contributed by atoms with van der Waals surface area (Å²) in [6.07, 6.45) is 4.16. The van der Waals surface area contributed by atoms with Gasteiger partial charge in [-0.2, -0.15) is 0 Å². The molecule has 0 saturated heterocycles. The highest BCUT2D eigenvalue weighted by Gasteiger charge is 2.36. The van der Waals surface area contributed by atoms with Crippen LogP contribution in [0.3, 0.4) is 0 Å². The lowest BCUT2D eigenvalue weighted by atomic mass is 9.76. The molecule has 0 spiro atoms. The molecule has 0 aromatic heterocycles. The largest absolute Gasteiger partial charge is 0.481 e. The minimum Gasteiger partial charge on any atom is -0.481 e. The van der Waals surface area contributed by atoms with E-state index in [4.69, 9.17) is 0 Å². The van der Waals surface area contributed by atoms with Gasteiger partial charge in [-0.15, -0.1) is 0 Å². The molecule has 0 amide bonds. The average molecular weight is 241 g/mol. The predicted molar refractivity (Wildman–Crippen MR) is 70.0 cm³/mol. The normalized spacial score (nSPS) is 29.9. The van der Waals surface area contributed by atoms with Gasteiger partial charge in [-0.25, -0.2) is 0 Å². The monoisotopic (exact) mass is 241 g/mol. The maximum absolute atomic E-state index is 11.3. The summed E-state index contributed by atoms with van der Waals surface area (Å²) in [5.41, 5.74) is 0. The highest BCUT2D eigenvalue weighted by molar-refractivity contribution is 5.71. The smallest absolute Gasteiger partial charge is 0.308 e. The Morgan fingerprint density at radius 1 is 1.41 bits per heavy atom. The Kier molecular flexibility index (Phi) is 5.44. The molecule has 17 heavy (non-hydrogen) atoms. The van der Waals surface area contributed by atoms with E-state index in [9.17, 15) is 9.90 Å². The molecule has 3 nitrogen and oxygen atoms in total. The van der Waals surface area contributed by atoms with Crippen LogP contribution in [-0.2, 0) is 4.79 Å². The predicted octanol–water partition coefficient (Wildman–Crippen LogP) is 2.85. The molecule has 1 aliphatic rings. The number of carboxylic acids is 1. The van der Waals surface area contributed by atoms with Crippen molar-refractivity contribution in [3.05, 3.63) is 0 Å². The molecule has 0 aromatic rings. The SMILES string of the molecule is CCC1CCC(C(=O)O)C(N(C)CC(C)C)C1. The second kappa shape index (κ2) is 6.39. The Bertz CT molecular complexity index is 253. The zero-order valence-electron chi connectivity index (χ0n) is 11.6. The minimum atomic E-state index is -0.611. The maximum Gasteiger partial charge on any atom is 0.308 e. The summed E-state index contributed by atoms with van der Waals surface area (Å²) >= 11 is 0. The van der Waals surface area contributed by atoms with Gasteiger partial charge in [-0.3, -0.25) is 4.79 Å². The van der Waals surface area contributed by atoms with Gasteiger partial charge in [0, 0.05) is 12.6 Å². The van der Waals surface area contributed by atoms with Gasteiger partial charge in [0.1, 0.15) is 0 Å². The zero-order valence-corrected chi connectivity index (χ0v) is 11.6. The van der Waals surface area contributed by atoms with Gasteiger partial charge in [0.2, 0.25) is 0 Å². The number of carbonyl (C=O) groups is 1. The molecule has 100 valence electrons. The van der Waals surface area contributed by atoms with Crippen molar-refractivity contribution in [1.82, 2.24) is 4.90 Å². The maximum atomic E-state index is 11.3. The Morgan fingerprint density at radius 3 is 2.53 bits per heavy atom. The second-order valence-corrected chi connectivity index (χ2v) is 5.93. The third-order valence-corrected chi connectivity index (χ3v) is 4.04. The van der Waals surface area contributed by atoms with Gasteiger partial charge in [-0.1, -0.05) is 27.2 Å². The van der Waals surface area contributed by atoms with Crippen LogP contribution in [0.1, 0.15) is 46.5 Å². The quantitative estimate of drug-likeness (QED) is 0.804.